The highest BCUT2D eigenvalue weighted by molar-refractivity contribution is 5.82. The van der Waals surface area contributed by atoms with Crippen LogP contribution < -0.4 is 10.4 Å². The molecule has 4 rings (SSSR count). The topological polar surface area (TPSA) is 65.2 Å². The average Bonchev–Trinajstić information content (AvgIpc) is 2.67. The molecule has 0 atom stereocenters. The van der Waals surface area contributed by atoms with E-state index in [-0.39, 0.29) is 11.6 Å². The van der Waals surface area contributed by atoms with Gasteiger partial charge in [-0.2, -0.15) is 0 Å². The summed E-state index contributed by atoms with van der Waals surface area (Å²) < 4.78 is 11.2. The van der Waals surface area contributed by atoms with Gasteiger partial charge in [0.25, 0.3) is 0 Å². The van der Waals surface area contributed by atoms with Gasteiger partial charge in [0, 0.05) is 35.8 Å². The molecule has 0 N–H and O–H groups in total. The minimum atomic E-state index is -0.327. The quantitative estimate of drug-likeness (QED) is 0.517. The summed E-state index contributed by atoms with van der Waals surface area (Å²) >= 11 is 0. The first-order chi connectivity index (χ1) is 12.7. The third kappa shape index (κ3) is 3.19. The van der Waals surface area contributed by atoms with Crippen LogP contribution in [0.4, 0.5) is 0 Å². The van der Waals surface area contributed by atoms with Gasteiger partial charge in [0.1, 0.15) is 11.3 Å². The van der Waals surface area contributed by atoms with Crippen molar-refractivity contribution in [3.63, 3.8) is 0 Å². The smallest absolute Gasteiger partial charge is 0.340 e. The van der Waals surface area contributed by atoms with Crippen LogP contribution in [0.3, 0.4) is 0 Å². The monoisotopic (exact) mass is 344 g/mol. The lowest BCUT2D eigenvalue weighted by Gasteiger charge is -2.09. The fourth-order valence-corrected chi connectivity index (χ4v) is 2.89. The summed E-state index contributed by atoms with van der Waals surface area (Å²) in [6, 6.07) is 17.2. The van der Waals surface area contributed by atoms with Crippen molar-refractivity contribution in [2.24, 2.45) is 0 Å². The molecule has 0 spiro atoms. The van der Waals surface area contributed by atoms with Crippen molar-refractivity contribution in [2.75, 3.05) is 0 Å². The lowest BCUT2D eigenvalue weighted by atomic mass is 10.00. The molecule has 0 saturated carbocycles. The van der Waals surface area contributed by atoms with Gasteiger partial charge >= 0.3 is 11.6 Å². The summed E-state index contributed by atoms with van der Waals surface area (Å²) in [5.74, 6) is 0.516. The van der Waals surface area contributed by atoms with Gasteiger partial charge in [0.15, 0.2) is 0 Å². The largest absolute Gasteiger partial charge is 0.424 e. The lowest BCUT2D eigenvalue weighted by Crippen LogP contribution is -2.10. The Balaban J connectivity index is 1.72. The van der Waals surface area contributed by atoms with E-state index in [4.69, 9.17) is 9.15 Å². The zero-order valence-corrected chi connectivity index (χ0v) is 14.2. The van der Waals surface area contributed by atoms with E-state index in [1.807, 2.05) is 49.4 Å². The minimum Gasteiger partial charge on any atom is -0.424 e. The maximum absolute atomic E-state index is 12.5. The molecule has 0 aliphatic rings. The van der Waals surface area contributed by atoms with Crippen LogP contribution in [0.1, 0.15) is 16.7 Å². The average molecular weight is 344 g/mol. The highest BCUT2D eigenvalue weighted by Crippen LogP contribution is 2.26. The Hall–Kier alpha value is -3.47. The minimum absolute atomic E-state index is 0.242. The van der Waals surface area contributed by atoms with E-state index in [1.165, 1.54) is 0 Å². The number of benzene rings is 2. The normalized spacial score (nSPS) is 10.8. The second kappa shape index (κ2) is 6.80. The lowest BCUT2D eigenvalue weighted by molar-refractivity contribution is 0.440. The van der Waals surface area contributed by atoms with Gasteiger partial charge < -0.3 is 9.15 Å². The van der Waals surface area contributed by atoms with Crippen molar-refractivity contribution >= 4 is 11.0 Å². The number of nitrogens with zero attached hydrogens (tertiary/aromatic N) is 2. The molecule has 0 bridgehead atoms. The molecule has 2 heterocycles. The molecule has 0 radical (unpaired) electrons. The van der Waals surface area contributed by atoms with Gasteiger partial charge in [-0.15, -0.1) is 0 Å². The Morgan fingerprint density at radius 3 is 2.54 bits per heavy atom. The number of fused-ring (bicyclic) bond motifs is 1. The maximum atomic E-state index is 12.5. The standard InChI is InChI=1S/C21H16N2O3/c1-14-17-9-8-16(25-21-22-10-5-11-23-21)13-19(17)26-20(24)18(14)12-15-6-3-2-4-7-15/h2-11,13H,12H2,1H3. The van der Waals surface area contributed by atoms with Crippen LogP contribution >= 0.6 is 0 Å². The first-order valence-corrected chi connectivity index (χ1v) is 8.26. The first kappa shape index (κ1) is 16.0. The van der Waals surface area contributed by atoms with Crippen LogP contribution in [0, 0.1) is 6.92 Å². The number of aryl methyl sites for hydroxylation is 1. The molecular formula is C21H16N2O3. The molecule has 0 aliphatic carbocycles. The molecule has 0 saturated heterocycles. The Morgan fingerprint density at radius 2 is 1.77 bits per heavy atom. The predicted octanol–water partition coefficient (Wildman–Crippen LogP) is 4.27. The molecule has 0 aliphatic heterocycles. The molecular weight excluding hydrogens is 328 g/mol. The highest BCUT2D eigenvalue weighted by Gasteiger charge is 2.13. The summed E-state index contributed by atoms with van der Waals surface area (Å²) in [5, 5.41) is 0.886. The van der Waals surface area contributed by atoms with Crippen LogP contribution in [0.25, 0.3) is 11.0 Å². The summed E-state index contributed by atoms with van der Waals surface area (Å²) in [4.78, 5) is 20.5. The van der Waals surface area contributed by atoms with Gasteiger partial charge in [-0.05, 0) is 36.2 Å². The van der Waals surface area contributed by atoms with E-state index in [9.17, 15) is 4.79 Å². The van der Waals surface area contributed by atoms with E-state index in [1.54, 1.807) is 24.5 Å². The van der Waals surface area contributed by atoms with Crippen molar-refractivity contribution in [1.29, 1.82) is 0 Å². The molecule has 0 unspecified atom stereocenters. The Bertz CT molecular complexity index is 1110. The molecule has 26 heavy (non-hydrogen) atoms. The van der Waals surface area contributed by atoms with Crippen LogP contribution in [0.15, 0.2) is 76.2 Å². The third-order valence-corrected chi connectivity index (χ3v) is 4.23. The van der Waals surface area contributed by atoms with Crippen LogP contribution in [0.5, 0.6) is 11.8 Å². The maximum Gasteiger partial charge on any atom is 0.340 e. The summed E-state index contributed by atoms with van der Waals surface area (Å²) in [5.41, 5.74) is 2.82. The Kier molecular flexibility index (Phi) is 4.19. The number of aromatic nitrogens is 2. The molecule has 0 amide bonds. The fraction of sp³-hybridized carbons (Fsp3) is 0.0952. The van der Waals surface area contributed by atoms with Gasteiger partial charge in [-0.1, -0.05) is 30.3 Å². The number of hydrogen-bond acceptors (Lipinski definition) is 5. The SMILES string of the molecule is Cc1c(Cc2ccccc2)c(=O)oc2cc(Oc3ncccn3)ccc12. The van der Waals surface area contributed by atoms with E-state index in [2.05, 4.69) is 9.97 Å². The predicted molar refractivity (Wildman–Crippen MR) is 98.6 cm³/mol. The Morgan fingerprint density at radius 1 is 1.00 bits per heavy atom. The third-order valence-electron chi connectivity index (χ3n) is 4.23. The van der Waals surface area contributed by atoms with Crippen molar-refractivity contribution in [2.45, 2.75) is 13.3 Å². The summed E-state index contributed by atoms with van der Waals surface area (Å²) in [7, 11) is 0. The molecule has 0 fully saturated rings. The van der Waals surface area contributed by atoms with Crippen molar-refractivity contribution < 1.29 is 9.15 Å². The van der Waals surface area contributed by atoms with Crippen molar-refractivity contribution in [3.8, 4) is 11.8 Å². The van der Waals surface area contributed by atoms with Crippen LogP contribution in [-0.4, -0.2) is 9.97 Å². The Labute approximate surface area is 149 Å². The first-order valence-electron chi connectivity index (χ1n) is 8.26. The van der Waals surface area contributed by atoms with E-state index < -0.39 is 0 Å². The molecule has 128 valence electrons. The van der Waals surface area contributed by atoms with E-state index in [0.29, 0.717) is 23.3 Å². The molecule has 4 aromatic rings. The van der Waals surface area contributed by atoms with Gasteiger partial charge in [0.2, 0.25) is 0 Å². The van der Waals surface area contributed by atoms with Crippen molar-refractivity contribution in [1.82, 2.24) is 9.97 Å². The summed E-state index contributed by atoms with van der Waals surface area (Å²) in [6.07, 6.45) is 3.74. The van der Waals surface area contributed by atoms with Gasteiger partial charge in [0.05, 0.1) is 0 Å². The van der Waals surface area contributed by atoms with Gasteiger partial charge in [-0.3, -0.25) is 0 Å². The zero-order valence-electron chi connectivity index (χ0n) is 14.2. The van der Waals surface area contributed by atoms with E-state index in [0.717, 1.165) is 16.5 Å². The molecule has 2 aromatic carbocycles. The number of hydrogen-bond donors (Lipinski definition) is 0. The zero-order chi connectivity index (χ0) is 17.9. The van der Waals surface area contributed by atoms with Crippen LogP contribution in [-0.2, 0) is 6.42 Å². The van der Waals surface area contributed by atoms with Gasteiger partial charge in [-0.25, -0.2) is 14.8 Å². The second-order valence-corrected chi connectivity index (χ2v) is 5.95. The van der Waals surface area contributed by atoms with Crippen LogP contribution in [0.2, 0.25) is 0 Å². The molecule has 5 heteroatoms. The molecule has 5 nitrogen and oxygen atoms in total. The van der Waals surface area contributed by atoms with E-state index >= 15 is 0 Å². The summed E-state index contributed by atoms with van der Waals surface area (Å²) in [6.45, 7) is 1.94. The fourth-order valence-electron chi connectivity index (χ4n) is 2.89. The highest BCUT2D eigenvalue weighted by atomic mass is 16.5. The number of ether oxygens (including phenoxy) is 1. The number of rotatable bonds is 4. The molecule has 2 aromatic heterocycles. The van der Waals surface area contributed by atoms with Crippen molar-refractivity contribution in [3.05, 3.63) is 94.1 Å². The second-order valence-electron chi connectivity index (χ2n) is 5.95.